The quantitative estimate of drug-likeness (QED) is 0.697. The van der Waals surface area contributed by atoms with Crippen LogP contribution >= 0.6 is 0 Å². The Labute approximate surface area is 138 Å². The van der Waals surface area contributed by atoms with Crippen LogP contribution in [0, 0.1) is 0 Å². The zero-order valence-electron chi connectivity index (χ0n) is 12.9. The van der Waals surface area contributed by atoms with Gasteiger partial charge >= 0.3 is 0 Å². The smallest absolute Gasteiger partial charge is 0.261 e. The number of benzene rings is 2. The van der Waals surface area contributed by atoms with E-state index in [0.29, 0.717) is 29.6 Å². The number of nitrogens with zero attached hydrogens (tertiary/aromatic N) is 2. The minimum atomic E-state index is -0.570. The van der Waals surface area contributed by atoms with Gasteiger partial charge in [-0.25, -0.2) is 4.98 Å². The van der Waals surface area contributed by atoms with Crippen LogP contribution < -0.4 is 10.3 Å². The number of Topliss-reactive ketones (excluding diaryl/α,β-unsaturated/α-hetero) is 1. The first-order valence-corrected chi connectivity index (χ1v) is 7.50. The van der Waals surface area contributed by atoms with Crippen molar-refractivity contribution in [1.29, 1.82) is 0 Å². The van der Waals surface area contributed by atoms with Gasteiger partial charge in [-0.3, -0.25) is 14.2 Å². The van der Waals surface area contributed by atoms with Gasteiger partial charge in [0.15, 0.2) is 5.78 Å². The van der Waals surface area contributed by atoms with E-state index >= 15 is 0 Å². The Balaban J connectivity index is 1.78. The standard InChI is InChI=1S/C18H16N2O4/c21-11-17(22)13-6-7-15-16(10-13)19-12-20(18(15)23)8-9-24-14-4-2-1-3-5-14/h1-7,10,12,21H,8-9,11H2. The fourth-order valence-electron chi connectivity index (χ4n) is 2.36. The number of hydrogen-bond donors (Lipinski definition) is 1. The highest BCUT2D eigenvalue weighted by molar-refractivity contribution is 5.99. The van der Waals surface area contributed by atoms with Gasteiger partial charge in [-0.2, -0.15) is 0 Å². The van der Waals surface area contributed by atoms with Crippen LogP contribution in [-0.2, 0) is 6.54 Å². The number of hydrogen-bond acceptors (Lipinski definition) is 5. The summed E-state index contributed by atoms with van der Waals surface area (Å²) in [4.78, 5) is 28.2. The SMILES string of the molecule is O=C(CO)c1ccc2c(=O)n(CCOc3ccccc3)cnc2c1. The molecule has 0 atom stereocenters. The molecule has 1 heterocycles. The summed E-state index contributed by atoms with van der Waals surface area (Å²) in [5.41, 5.74) is 0.571. The molecule has 0 unspecified atom stereocenters. The van der Waals surface area contributed by atoms with Gasteiger partial charge in [0.2, 0.25) is 0 Å². The van der Waals surface area contributed by atoms with Crippen molar-refractivity contribution in [3.63, 3.8) is 0 Å². The Morgan fingerprint density at radius 2 is 1.96 bits per heavy atom. The van der Waals surface area contributed by atoms with Crippen LogP contribution in [0.3, 0.4) is 0 Å². The van der Waals surface area contributed by atoms with Gasteiger partial charge in [0.25, 0.3) is 5.56 Å². The predicted octanol–water partition coefficient (Wildman–Crippen LogP) is 1.65. The minimum absolute atomic E-state index is 0.195. The number of ether oxygens (including phenoxy) is 1. The molecule has 2 aromatic carbocycles. The molecular formula is C18H16N2O4. The second-order valence-electron chi connectivity index (χ2n) is 5.22. The third kappa shape index (κ3) is 3.33. The summed E-state index contributed by atoms with van der Waals surface area (Å²) in [6, 6.07) is 14.0. The molecule has 3 rings (SSSR count). The molecule has 6 nitrogen and oxygen atoms in total. The van der Waals surface area contributed by atoms with Crippen LogP contribution in [0.25, 0.3) is 10.9 Å². The van der Waals surface area contributed by atoms with Crippen LogP contribution in [0.1, 0.15) is 10.4 Å². The highest BCUT2D eigenvalue weighted by Gasteiger charge is 2.09. The van der Waals surface area contributed by atoms with E-state index in [0.717, 1.165) is 5.75 Å². The Morgan fingerprint density at radius 3 is 2.71 bits per heavy atom. The second-order valence-corrected chi connectivity index (χ2v) is 5.22. The zero-order chi connectivity index (χ0) is 16.9. The number of carbonyl (C=O) groups is 1. The first kappa shape index (κ1) is 15.9. The summed E-state index contributed by atoms with van der Waals surface area (Å²) in [5, 5.41) is 9.32. The lowest BCUT2D eigenvalue weighted by molar-refractivity contribution is 0.0904. The predicted molar refractivity (Wildman–Crippen MR) is 89.4 cm³/mol. The van der Waals surface area contributed by atoms with E-state index in [-0.39, 0.29) is 5.56 Å². The molecule has 1 N–H and O–H groups in total. The van der Waals surface area contributed by atoms with Gasteiger partial charge in [0.05, 0.1) is 23.8 Å². The molecule has 0 aliphatic carbocycles. The maximum Gasteiger partial charge on any atom is 0.261 e. The van der Waals surface area contributed by atoms with E-state index in [1.807, 2.05) is 30.3 Å². The van der Waals surface area contributed by atoms with Crippen molar-refractivity contribution < 1.29 is 14.6 Å². The van der Waals surface area contributed by atoms with Crippen LogP contribution in [0.2, 0.25) is 0 Å². The number of para-hydroxylation sites is 1. The van der Waals surface area contributed by atoms with Gasteiger partial charge in [0.1, 0.15) is 19.0 Å². The number of aliphatic hydroxyl groups excluding tert-OH is 1. The molecule has 0 saturated carbocycles. The molecule has 0 bridgehead atoms. The van der Waals surface area contributed by atoms with E-state index in [1.165, 1.54) is 23.0 Å². The van der Waals surface area contributed by atoms with Crippen molar-refractivity contribution in [2.45, 2.75) is 6.54 Å². The van der Waals surface area contributed by atoms with Gasteiger partial charge in [-0.05, 0) is 24.3 Å². The molecule has 122 valence electrons. The maximum atomic E-state index is 12.5. The van der Waals surface area contributed by atoms with E-state index in [2.05, 4.69) is 4.98 Å². The number of ketones is 1. The number of aliphatic hydroxyl groups is 1. The normalized spacial score (nSPS) is 10.7. The van der Waals surface area contributed by atoms with Crippen molar-refractivity contribution in [2.75, 3.05) is 13.2 Å². The summed E-state index contributed by atoms with van der Waals surface area (Å²) in [6.07, 6.45) is 1.44. The van der Waals surface area contributed by atoms with Gasteiger partial charge < -0.3 is 9.84 Å². The molecule has 0 aliphatic heterocycles. The van der Waals surface area contributed by atoms with Gasteiger partial charge in [-0.15, -0.1) is 0 Å². The maximum absolute atomic E-state index is 12.5. The number of rotatable bonds is 6. The van der Waals surface area contributed by atoms with Crippen molar-refractivity contribution in [1.82, 2.24) is 9.55 Å². The Kier molecular flexibility index (Phi) is 4.67. The van der Waals surface area contributed by atoms with E-state index in [9.17, 15) is 9.59 Å². The zero-order valence-corrected chi connectivity index (χ0v) is 12.9. The van der Waals surface area contributed by atoms with Crippen molar-refractivity contribution in [2.24, 2.45) is 0 Å². The third-order valence-corrected chi connectivity index (χ3v) is 3.63. The molecule has 24 heavy (non-hydrogen) atoms. The Bertz CT molecular complexity index is 919. The van der Waals surface area contributed by atoms with Crippen LogP contribution in [0.5, 0.6) is 5.75 Å². The minimum Gasteiger partial charge on any atom is -0.492 e. The lowest BCUT2D eigenvalue weighted by Crippen LogP contribution is -2.23. The lowest BCUT2D eigenvalue weighted by atomic mass is 10.1. The lowest BCUT2D eigenvalue weighted by Gasteiger charge is -2.09. The van der Waals surface area contributed by atoms with Crippen molar-refractivity contribution in [3.8, 4) is 5.75 Å². The molecule has 0 fully saturated rings. The summed E-state index contributed by atoms with van der Waals surface area (Å²) in [6.45, 7) is 0.144. The molecule has 3 aromatic rings. The molecule has 0 radical (unpaired) electrons. The molecule has 6 heteroatoms. The van der Waals surface area contributed by atoms with Crippen LogP contribution in [0.15, 0.2) is 59.7 Å². The first-order valence-electron chi connectivity index (χ1n) is 7.50. The summed E-state index contributed by atoms with van der Waals surface area (Å²) >= 11 is 0. The highest BCUT2D eigenvalue weighted by atomic mass is 16.5. The van der Waals surface area contributed by atoms with Crippen molar-refractivity contribution >= 4 is 16.7 Å². The molecular weight excluding hydrogens is 308 g/mol. The van der Waals surface area contributed by atoms with E-state index < -0.39 is 12.4 Å². The second kappa shape index (κ2) is 7.06. The third-order valence-electron chi connectivity index (χ3n) is 3.63. The average Bonchev–Trinajstić information content (AvgIpc) is 2.63. The highest BCUT2D eigenvalue weighted by Crippen LogP contribution is 2.11. The summed E-state index contributed by atoms with van der Waals surface area (Å²) < 4.78 is 7.05. The fourth-order valence-corrected chi connectivity index (χ4v) is 2.36. The molecule has 0 spiro atoms. The first-order chi connectivity index (χ1) is 11.7. The Hall–Kier alpha value is -2.99. The van der Waals surface area contributed by atoms with Crippen LogP contribution in [0.4, 0.5) is 0 Å². The van der Waals surface area contributed by atoms with E-state index in [4.69, 9.17) is 9.84 Å². The van der Waals surface area contributed by atoms with Gasteiger partial charge in [0, 0.05) is 5.56 Å². The molecule has 1 aromatic heterocycles. The summed E-state index contributed by atoms with van der Waals surface area (Å²) in [5.74, 6) is 0.339. The number of carbonyl (C=O) groups excluding carboxylic acids is 1. The number of fused-ring (bicyclic) bond motifs is 1. The number of aromatic nitrogens is 2. The van der Waals surface area contributed by atoms with Gasteiger partial charge in [-0.1, -0.05) is 24.3 Å². The van der Waals surface area contributed by atoms with E-state index in [1.54, 1.807) is 6.07 Å². The summed E-state index contributed by atoms with van der Waals surface area (Å²) in [7, 11) is 0. The van der Waals surface area contributed by atoms with Crippen LogP contribution in [-0.4, -0.2) is 33.7 Å². The fraction of sp³-hybridized carbons (Fsp3) is 0.167. The Morgan fingerprint density at radius 1 is 1.17 bits per heavy atom. The topological polar surface area (TPSA) is 81.4 Å². The molecule has 0 amide bonds. The monoisotopic (exact) mass is 324 g/mol. The average molecular weight is 324 g/mol. The largest absolute Gasteiger partial charge is 0.492 e. The molecule has 0 aliphatic rings. The molecule has 0 saturated heterocycles. The van der Waals surface area contributed by atoms with Crippen molar-refractivity contribution in [3.05, 3.63) is 70.8 Å².